The van der Waals surface area contributed by atoms with Gasteiger partial charge in [-0.3, -0.25) is 14.3 Å². The molecule has 12 heteroatoms. The summed E-state index contributed by atoms with van der Waals surface area (Å²) in [5, 5.41) is 6.84. The minimum absolute atomic E-state index is 0.0372. The molecule has 0 radical (unpaired) electrons. The first-order valence-corrected chi connectivity index (χ1v) is 11.8. The lowest BCUT2D eigenvalue weighted by Gasteiger charge is -2.20. The van der Waals surface area contributed by atoms with Crippen LogP contribution in [0.5, 0.6) is 0 Å². The first-order chi connectivity index (χ1) is 16.2. The highest BCUT2D eigenvalue weighted by molar-refractivity contribution is 7.93. The lowest BCUT2D eigenvalue weighted by Crippen LogP contribution is -2.31. The van der Waals surface area contributed by atoms with E-state index in [1.165, 1.54) is 19.2 Å². The van der Waals surface area contributed by atoms with Crippen molar-refractivity contribution in [3.8, 4) is 17.2 Å². The highest BCUT2D eigenvalue weighted by Gasteiger charge is 2.32. The van der Waals surface area contributed by atoms with Gasteiger partial charge in [-0.05, 0) is 43.7 Å². The van der Waals surface area contributed by atoms with E-state index in [0.717, 1.165) is 22.3 Å². The normalized spacial score (nSPS) is 13.4. The molecule has 0 aliphatic rings. The van der Waals surface area contributed by atoms with Crippen molar-refractivity contribution in [3.63, 3.8) is 0 Å². The number of aryl methyl sites for hydroxylation is 1. The fourth-order valence-corrected chi connectivity index (χ4v) is 4.49. The minimum Gasteiger partial charge on any atom is -0.253 e. The van der Waals surface area contributed by atoms with Crippen molar-refractivity contribution in [1.29, 1.82) is 0 Å². The van der Waals surface area contributed by atoms with Gasteiger partial charge >= 0.3 is 0 Å². The SMILES string of the molecule is Cc1cnc([C@@H](C)[C@H](C)S(=O)(=O)Nc2nnc(-c3ccccn3)n2-c2c(F)cccc2F)nc1. The number of nitrogens with one attached hydrogen (secondary N) is 1. The molecular weight excluding hydrogens is 464 g/mol. The molecule has 4 aromatic rings. The van der Waals surface area contributed by atoms with Gasteiger partial charge in [0.2, 0.25) is 16.0 Å². The van der Waals surface area contributed by atoms with Crippen LogP contribution >= 0.6 is 0 Å². The van der Waals surface area contributed by atoms with Gasteiger partial charge in [0.05, 0.1) is 5.25 Å². The summed E-state index contributed by atoms with van der Waals surface area (Å²) in [6.45, 7) is 4.99. The van der Waals surface area contributed by atoms with Crippen molar-refractivity contribution >= 4 is 16.0 Å². The minimum atomic E-state index is -4.11. The lowest BCUT2D eigenvalue weighted by atomic mass is 10.1. The van der Waals surface area contributed by atoms with E-state index in [9.17, 15) is 17.2 Å². The van der Waals surface area contributed by atoms with Crippen LogP contribution in [0.4, 0.5) is 14.7 Å². The van der Waals surface area contributed by atoms with Gasteiger partial charge in [-0.2, -0.15) is 0 Å². The van der Waals surface area contributed by atoms with Crippen LogP contribution in [0.25, 0.3) is 17.2 Å². The zero-order valence-electron chi connectivity index (χ0n) is 18.5. The molecule has 0 aliphatic heterocycles. The Hall–Kier alpha value is -3.80. The number of benzene rings is 1. The van der Waals surface area contributed by atoms with Crippen molar-refractivity contribution in [2.45, 2.75) is 31.9 Å². The molecule has 4 rings (SSSR count). The Morgan fingerprint density at radius 2 is 1.62 bits per heavy atom. The van der Waals surface area contributed by atoms with Crippen molar-refractivity contribution in [1.82, 2.24) is 29.7 Å². The lowest BCUT2D eigenvalue weighted by molar-refractivity contribution is 0.564. The zero-order chi connectivity index (χ0) is 24.5. The van der Waals surface area contributed by atoms with Gasteiger partial charge < -0.3 is 0 Å². The summed E-state index contributed by atoms with van der Waals surface area (Å²) < 4.78 is 59.2. The van der Waals surface area contributed by atoms with Gasteiger partial charge in [-0.1, -0.05) is 19.1 Å². The highest BCUT2D eigenvalue weighted by atomic mass is 32.2. The number of nitrogens with zero attached hydrogens (tertiary/aromatic N) is 6. The predicted octanol–water partition coefficient (Wildman–Crippen LogP) is 3.64. The Labute approximate surface area is 195 Å². The average molecular weight is 486 g/mol. The van der Waals surface area contributed by atoms with Crippen LogP contribution in [0, 0.1) is 18.6 Å². The molecule has 1 N–H and O–H groups in total. The summed E-state index contributed by atoms with van der Waals surface area (Å²) in [5.41, 5.74) is 0.553. The molecule has 0 spiro atoms. The quantitative estimate of drug-likeness (QED) is 0.425. The third kappa shape index (κ3) is 4.49. The standard InChI is InChI=1S/C22H21F2N7O2S/c1-13-11-26-20(27-12-13)14(2)15(3)34(32,33)30-22-29-28-21(18-9-4-5-10-25-18)31(22)19-16(23)7-6-8-17(19)24/h4-12,14-15H,1-3H3,(H,29,30)/t14-,15-/m0/s1. The van der Waals surface area contributed by atoms with Crippen molar-refractivity contribution in [3.05, 3.63) is 78.0 Å². The molecule has 0 unspecified atom stereocenters. The summed E-state index contributed by atoms with van der Waals surface area (Å²) >= 11 is 0. The third-order valence-corrected chi connectivity index (χ3v) is 7.21. The summed E-state index contributed by atoms with van der Waals surface area (Å²) in [4.78, 5) is 12.6. The Morgan fingerprint density at radius 3 is 2.24 bits per heavy atom. The second-order valence-electron chi connectivity index (χ2n) is 7.73. The number of hydrogen-bond acceptors (Lipinski definition) is 7. The molecule has 34 heavy (non-hydrogen) atoms. The van der Waals surface area contributed by atoms with Gasteiger partial charge in [0.25, 0.3) is 0 Å². The van der Waals surface area contributed by atoms with E-state index >= 15 is 0 Å². The summed E-state index contributed by atoms with van der Waals surface area (Å²) in [5.74, 6) is -2.51. The van der Waals surface area contributed by atoms with Crippen molar-refractivity contribution < 1.29 is 17.2 Å². The fourth-order valence-electron chi connectivity index (χ4n) is 3.26. The molecule has 0 amide bonds. The van der Waals surface area contributed by atoms with Gasteiger partial charge in [-0.25, -0.2) is 27.2 Å². The first kappa shape index (κ1) is 23.4. The third-order valence-electron chi connectivity index (χ3n) is 5.35. The van der Waals surface area contributed by atoms with Crippen LogP contribution in [0.1, 0.15) is 31.2 Å². The molecule has 3 aromatic heterocycles. The molecule has 1 aromatic carbocycles. The highest BCUT2D eigenvalue weighted by Crippen LogP contribution is 2.29. The van der Waals surface area contributed by atoms with Crippen LogP contribution in [0.3, 0.4) is 0 Å². The Balaban J connectivity index is 1.77. The number of sulfonamides is 1. The Bertz CT molecular complexity index is 1390. The number of aromatic nitrogens is 6. The molecule has 0 bridgehead atoms. The summed E-state index contributed by atoms with van der Waals surface area (Å²) in [6, 6.07) is 8.20. The van der Waals surface area contributed by atoms with Crippen LogP contribution < -0.4 is 4.72 Å². The number of anilines is 1. The second kappa shape index (κ2) is 9.21. The van der Waals surface area contributed by atoms with Gasteiger partial charge in [-0.15, -0.1) is 10.2 Å². The molecule has 3 heterocycles. The maximum Gasteiger partial charge on any atom is 0.243 e. The maximum atomic E-state index is 14.7. The van der Waals surface area contributed by atoms with E-state index in [1.54, 1.807) is 37.5 Å². The summed E-state index contributed by atoms with van der Waals surface area (Å²) in [7, 11) is -4.11. The van der Waals surface area contributed by atoms with Crippen LogP contribution in [-0.4, -0.2) is 43.4 Å². The number of pyridine rings is 1. The number of rotatable bonds is 7. The average Bonchev–Trinajstić information content (AvgIpc) is 3.21. The number of halogens is 2. The van der Waals surface area contributed by atoms with E-state index in [1.807, 2.05) is 6.92 Å². The molecule has 176 valence electrons. The van der Waals surface area contributed by atoms with Gasteiger partial charge in [0, 0.05) is 24.5 Å². The molecule has 0 aliphatic carbocycles. The maximum absolute atomic E-state index is 14.7. The Morgan fingerprint density at radius 1 is 0.941 bits per heavy atom. The van der Waals surface area contributed by atoms with E-state index in [0.29, 0.717) is 5.82 Å². The first-order valence-electron chi connectivity index (χ1n) is 10.3. The monoisotopic (exact) mass is 485 g/mol. The number of para-hydroxylation sites is 1. The largest absolute Gasteiger partial charge is 0.253 e. The Kier molecular flexibility index (Phi) is 6.33. The van der Waals surface area contributed by atoms with E-state index in [2.05, 4.69) is 29.9 Å². The molecule has 0 saturated heterocycles. The molecule has 0 fully saturated rings. The van der Waals surface area contributed by atoms with Crippen LogP contribution in [-0.2, 0) is 10.0 Å². The van der Waals surface area contributed by atoms with Crippen molar-refractivity contribution in [2.75, 3.05) is 4.72 Å². The smallest absolute Gasteiger partial charge is 0.243 e. The molecule has 2 atom stereocenters. The fraction of sp³-hybridized carbons (Fsp3) is 0.227. The van der Waals surface area contributed by atoms with Crippen LogP contribution in [0.15, 0.2) is 55.0 Å². The van der Waals surface area contributed by atoms with E-state index in [4.69, 9.17) is 0 Å². The van der Waals surface area contributed by atoms with Crippen molar-refractivity contribution in [2.24, 2.45) is 0 Å². The van der Waals surface area contributed by atoms with Gasteiger partial charge in [0.15, 0.2) is 5.82 Å². The number of hydrogen-bond donors (Lipinski definition) is 1. The molecular formula is C22H21F2N7O2S. The van der Waals surface area contributed by atoms with Crippen LogP contribution in [0.2, 0.25) is 0 Å². The summed E-state index contributed by atoms with van der Waals surface area (Å²) in [6.07, 6.45) is 4.67. The van der Waals surface area contributed by atoms with Gasteiger partial charge in [0.1, 0.15) is 28.8 Å². The second-order valence-corrected chi connectivity index (χ2v) is 9.77. The van der Waals surface area contributed by atoms with E-state index < -0.39 is 38.5 Å². The predicted molar refractivity (Wildman–Crippen MR) is 122 cm³/mol. The molecule has 0 saturated carbocycles. The zero-order valence-corrected chi connectivity index (χ0v) is 19.3. The van der Waals surface area contributed by atoms with E-state index in [-0.39, 0.29) is 17.5 Å². The molecule has 9 nitrogen and oxygen atoms in total. The topological polar surface area (TPSA) is 116 Å².